The number of anilines is 3. The van der Waals surface area contributed by atoms with Crippen LogP contribution < -0.4 is 10.2 Å². The van der Waals surface area contributed by atoms with Crippen LogP contribution in [0.15, 0.2) is 48.5 Å². The van der Waals surface area contributed by atoms with Crippen LogP contribution in [-0.4, -0.2) is 30.5 Å². The maximum Gasteiger partial charge on any atom is 0.330 e. The first-order chi connectivity index (χ1) is 13.5. The summed E-state index contributed by atoms with van der Waals surface area (Å²) >= 11 is 0. The Kier molecular flexibility index (Phi) is 5.69. The van der Waals surface area contributed by atoms with Gasteiger partial charge in [-0.15, -0.1) is 0 Å². The van der Waals surface area contributed by atoms with E-state index in [1.165, 1.54) is 25.3 Å². The van der Waals surface area contributed by atoms with Crippen molar-refractivity contribution in [3.8, 4) is 0 Å². The first-order valence-corrected chi connectivity index (χ1v) is 8.70. The Morgan fingerprint density at radius 2 is 2.11 bits per heavy atom. The number of methoxy groups -OCH3 is 1. The second-order valence-corrected chi connectivity index (χ2v) is 6.21. The summed E-state index contributed by atoms with van der Waals surface area (Å²) in [5.74, 6) is -0.469. The van der Waals surface area contributed by atoms with Crippen LogP contribution in [0.2, 0.25) is 0 Å². The van der Waals surface area contributed by atoms with E-state index in [0.29, 0.717) is 29.9 Å². The number of nitro benzene ring substituents is 1. The fourth-order valence-corrected chi connectivity index (χ4v) is 2.97. The molecule has 3 rings (SSSR count). The molecule has 0 aliphatic carbocycles. The number of rotatable bonds is 6. The van der Waals surface area contributed by atoms with Gasteiger partial charge in [0.05, 0.1) is 12.0 Å². The van der Waals surface area contributed by atoms with Gasteiger partial charge in [-0.2, -0.15) is 0 Å². The normalized spacial score (nSPS) is 13.8. The van der Waals surface area contributed by atoms with Gasteiger partial charge in [0.1, 0.15) is 5.69 Å². The third-order valence-corrected chi connectivity index (χ3v) is 4.34. The molecule has 1 aliphatic rings. The van der Waals surface area contributed by atoms with Gasteiger partial charge in [-0.3, -0.25) is 14.9 Å². The largest absolute Gasteiger partial charge is 0.466 e. The standard InChI is InChI=1S/C20H19N3O5/c1-28-20(25)10-8-14-7-9-17(18(12-14)23(26)27)21-15-4-2-5-16(13-15)22-11-3-6-19(22)24/h2,4-5,7-10,12-13,21H,3,6,11H2,1H3. The lowest BCUT2D eigenvalue weighted by Gasteiger charge is -2.17. The zero-order valence-corrected chi connectivity index (χ0v) is 15.3. The number of benzene rings is 2. The van der Waals surface area contributed by atoms with E-state index >= 15 is 0 Å². The number of esters is 1. The van der Waals surface area contributed by atoms with E-state index in [1.54, 1.807) is 35.2 Å². The highest BCUT2D eigenvalue weighted by Gasteiger charge is 2.22. The molecule has 8 heteroatoms. The van der Waals surface area contributed by atoms with Gasteiger partial charge in [-0.05, 0) is 42.3 Å². The Balaban J connectivity index is 1.85. The van der Waals surface area contributed by atoms with Gasteiger partial charge in [0, 0.05) is 36.5 Å². The fourth-order valence-electron chi connectivity index (χ4n) is 2.97. The summed E-state index contributed by atoms with van der Waals surface area (Å²) in [6, 6.07) is 11.8. The van der Waals surface area contributed by atoms with E-state index in [-0.39, 0.29) is 11.6 Å². The van der Waals surface area contributed by atoms with Crippen molar-refractivity contribution in [2.45, 2.75) is 12.8 Å². The molecule has 0 saturated carbocycles. The van der Waals surface area contributed by atoms with Gasteiger partial charge in [0.2, 0.25) is 5.91 Å². The summed E-state index contributed by atoms with van der Waals surface area (Å²) in [4.78, 5) is 35.8. The lowest BCUT2D eigenvalue weighted by molar-refractivity contribution is -0.383. The van der Waals surface area contributed by atoms with Gasteiger partial charge in [0.15, 0.2) is 0 Å². The van der Waals surface area contributed by atoms with Crippen LogP contribution >= 0.6 is 0 Å². The van der Waals surface area contributed by atoms with E-state index in [2.05, 4.69) is 10.1 Å². The summed E-state index contributed by atoms with van der Waals surface area (Å²) in [6.07, 6.45) is 4.00. The highest BCUT2D eigenvalue weighted by molar-refractivity contribution is 5.96. The minimum atomic E-state index is -0.543. The van der Waals surface area contributed by atoms with E-state index < -0.39 is 10.9 Å². The number of ether oxygens (including phenoxy) is 1. The quantitative estimate of drug-likeness (QED) is 0.355. The van der Waals surface area contributed by atoms with Crippen molar-refractivity contribution in [1.82, 2.24) is 0 Å². The minimum Gasteiger partial charge on any atom is -0.466 e. The van der Waals surface area contributed by atoms with Crippen molar-refractivity contribution >= 4 is 40.7 Å². The molecule has 0 bridgehead atoms. The van der Waals surface area contributed by atoms with Gasteiger partial charge >= 0.3 is 5.97 Å². The summed E-state index contributed by atoms with van der Waals surface area (Å²) in [7, 11) is 1.26. The summed E-state index contributed by atoms with van der Waals surface area (Å²) in [6.45, 7) is 0.670. The molecular weight excluding hydrogens is 362 g/mol. The highest BCUT2D eigenvalue weighted by atomic mass is 16.6. The van der Waals surface area contributed by atoms with Crippen LogP contribution in [0.5, 0.6) is 0 Å². The molecule has 0 spiro atoms. The van der Waals surface area contributed by atoms with Crippen molar-refractivity contribution in [3.05, 3.63) is 64.2 Å². The lowest BCUT2D eigenvalue weighted by atomic mass is 10.1. The van der Waals surface area contributed by atoms with Crippen LogP contribution in [0.25, 0.3) is 6.08 Å². The van der Waals surface area contributed by atoms with E-state index in [1.807, 2.05) is 6.07 Å². The van der Waals surface area contributed by atoms with Crippen molar-refractivity contribution < 1.29 is 19.2 Å². The number of nitro groups is 1. The number of hydrogen-bond acceptors (Lipinski definition) is 6. The van der Waals surface area contributed by atoms with Crippen molar-refractivity contribution in [2.24, 2.45) is 0 Å². The molecule has 8 nitrogen and oxygen atoms in total. The molecule has 2 aromatic carbocycles. The molecule has 1 aliphatic heterocycles. The minimum absolute atomic E-state index is 0.0740. The predicted octanol–water partition coefficient (Wildman–Crippen LogP) is 3.65. The Labute approximate surface area is 161 Å². The van der Waals surface area contributed by atoms with Gasteiger partial charge < -0.3 is 15.0 Å². The topological polar surface area (TPSA) is 102 Å². The molecule has 0 unspecified atom stereocenters. The molecule has 1 amide bonds. The summed E-state index contributed by atoms with van der Waals surface area (Å²) in [5, 5.41) is 14.5. The SMILES string of the molecule is COC(=O)C=Cc1ccc(Nc2cccc(N3CCCC3=O)c2)c([N+](=O)[O-])c1. The van der Waals surface area contributed by atoms with Crippen LogP contribution in [0, 0.1) is 10.1 Å². The Bertz CT molecular complexity index is 955. The first kappa shape index (κ1) is 19.1. The monoisotopic (exact) mass is 381 g/mol. The predicted molar refractivity (Wildman–Crippen MR) is 105 cm³/mol. The molecule has 0 aromatic heterocycles. The molecule has 28 heavy (non-hydrogen) atoms. The van der Waals surface area contributed by atoms with Gasteiger partial charge in [-0.1, -0.05) is 12.1 Å². The van der Waals surface area contributed by atoms with Crippen LogP contribution in [-0.2, 0) is 14.3 Å². The van der Waals surface area contributed by atoms with Crippen LogP contribution in [0.1, 0.15) is 18.4 Å². The first-order valence-electron chi connectivity index (χ1n) is 8.70. The van der Waals surface area contributed by atoms with Gasteiger partial charge in [0.25, 0.3) is 5.69 Å². The summed E-state index contributed by atoms with van der Waals surface area (Å²) < 4.78 is 4.51. The third kappa shape index (κ3) is 4.35. The highest BCUT2D eigenvalue weighted by Crippen LogP contribution is 2.31. The maximum atomic E-state index is 11.9. The zero-order valence-electron chi connectivity index (χ0n) is 15.3. The number of carbonyl (C=O) groups excluding carboxylic acids is 2. The average Bonchev–Trinajstić information content (AvgIpc) is 3.12. The number of hydrogen-bond donors (Lipinski definition) is 1. The molecule has 1 saturated heterocycles. The number of carbonyl (C=O) groups is 2. The molecule has 1 heterocycles. The fraction of sp³-hybridized carbons (Fsp3) is 0.200. The van der Waals surface area contributed by atoms with Crippen LogP contribution in [0.4, 0.5) is 22.7 Å². The van der Waals surface area contributed by atoms with E-state index in [9.17, 15) is 19.7 Å². The number of nitrogens with one attached hydrogen (secondary N) is 1. The molecule has 1 N–H and O–H groups in total. The van der Waals surface area contributed by atoms with Gasteiger partial charge in [-0.25, -0.2) is 4.79 Å². The molecule has 2 aromatic rings. The number of nitrogens with zero attached hydrogens (tertiary/aromatic N) is 2. The third-order valence-electron chi connectivity index (χ3n) is 4.34. The zero-order chi connectivity index (χ0) is 20.1. The van der Waals surface area contributed by atoms with Crippen molar-refractivity contribution in [2.75, 3.05) is 23.9 Å². The lowest BCUT2D eigenvalue weighted by Crippen LogP contribution is -2.23. The molecule has 0 radical (unpaired) electrons. The molecule has 0 atom stereocenters. The summed E-state index contributed by atoms with van der Waals surface area (Å²) in [5.41, 5.74) is 2.07. The molecule has 144 valence electrons. The number of amides is 1. The maximum absolute atomic E-state index is 11.9. The van der Waals surface area contributed by atoms with Crippen molar-refractivity contribution in [3.63, 3.8) is 0 Å². The Morgan fingerprint density at radius 1 is 1.29 bits per heavy atom. The second-order valence-electron chi connectivity index (χ2n) is 6.21. The Morgan fingerprint density at radius 3 is 2.79 bits per heavy atom. The molecular formula is C20H19N3O5. The average molecular weight is 381 g/mol. The van der Waals surface area contributed by atoms with E-state index in [0.717, 1.165) is 12.1 Å². The van der Waals surface area contributed by atoms with Crippen LogP contribution in [0.3, 0.4) is 0 Å². The molecule has 1 fully saturated rings. The second kappa shape index (κ2) is 8.34. The van der Waals surface area contributed by atoms with Crippen molar-refractivity contribution in [1.29, 1.82) is 0 Å². The Hall–Kier alpha value is -3.68. The van der Waals surface area contributed by atoms with E-state index in [4.69, 9.17) is 0 Å². The smallest absolute Gasteiger partial charge is 0.330 e.